The number of benzene rings is 1. The summed E-state index contributed by atoms with van der Waals surface area (Å²) in [4.78, 5) is 33.1. The number of rotatable bonds is 7. The zero-order valence-corrected chi connectivity index (χ0v) is 17.3. The van der Waals surface area contributed by atoms with Gasteiger partial charge in [0.2, 0.25) is 11.8 Å². The van der Waals surface area contributed by atoms with Gasteiger partial charge >= 0.3 is 0 Å². The summed E-state index contributed by atoms with van der Waals surface area (Å²) >= 11 is 0. The van der Waals surface area contributed by atoms with Crippen molar-refractivity contribution >= 4 is 11.8 Å². The number of carbonyl (C=O) groups is 2. The third kappa shape index (κ3) is 6.38. The quantitative estimate of drug-likeness (QED) is 0.756. The van der Waals surface area contributed by atoms with Gasteiger partial charge < -0.3 is 10.6 Å². The summed E-state index contributed by atoms with van der Waals surface area (Å²) < 4.78 is 0. The third-order valence-corrected chi connectivity index (χ3v) is 5.62. The summed E-state index contributed by atoms with van der Waals surface area (Å²) in [5.41, 5.74) is 4.28. The lowest BCUT2D eigenvalue weighted by Gasteiger charge is -2.28. The molecular formula is C23H30N4O2. The zero-order chi connectivity index (χ0) is 20.6. The van der Waals surface area contributed by atoms with E-state index < -0.39 is 0 Å². The Morgan fingerprint density at radius 3 is 2.62 bits per heavy atom. The van der Waals surface area contributed by atoms with Crippen LogP contribution in [-0.2, 0) is 22.4 Å². The average Bonchev–Trinajstić information content (AvgIpc) is 2.72. The molecule has 6 nitrogen and oxygen atoms in total. The fourth-order valence-corrected chi connectivity index (χ4v) is 3.86. The zero-order valence-electron chi connectivity index (χ0n) is 17.3. The molecule has 0 saturated heterocycles. The van der Waals surface area contributed by atoms with Crippen LogP contribution in [0, 0.1) is 19.8 Å². The van der Waals surface area contributed by atoms with Crippen molar-refractivity contribution in [3.8, 4) is 0 Å². The summed E-state index contributed by atoms with van der Waals surface area (Å²) in [6.45, 7) is 4.65. The van der Waals surface area contributed by atoms with Gasteiger partial charge in [-0.2, -0.15) is 0 Å². The lowest BCUT2D eigenvalue weighted by Crippen LogP contribution is -2.41. The summed E-state index contributed by atoms with van der Waals surface area (Å²) in [6.07, 6.45) is 9.44. The van der Waals surface area contributed by atoms with Crippen molar-refractivity contribution in [1.29, 1.82) is 0 Å². The minimum Gasteiger partial charge on any atom is -0.355 e. The van der Waals surface area contributed by atoms with E-state index in [1.54, 1.807) is 18.6 Å². The van der Waals surface area contributed by atoms with Crippen molar-refractivity contribution in [3.63, 3.8) is 0 Å². The van der Waals surface area contributed by atoms with E-state index in [9.17, 15) is 9.59 Å². The van der Waals surface area contributed by atoms with Gasteiger partial charge in [0, 0.05) is 43.5 Å². The van der Waals surface area contributed by atoms with Crippen LogP contribution in [-0.4, -0.2) is 34.4 Å². The normalized spacial score (nSPS) is 18.8. The Morgan fingerprint density at radius 2 is 1.90 bits per heavy atom. The van der Waals surface area contributed by atoms with Gasteiger partial charge in [-0.05, 0) is 50.7 Å². The highest BCUT2D eigenvalue weighted by Gasteiger charge is 2.27. The van der Waals surface area contributed by atoms with Gasteiger partial charge in [0.25, 0.3) is 0 Å². The number of nitrogens with one attached hydrogen (secondary N) is 2. The summed E-state index contributed by atoms with van der Waals surface area (Å²) in [7, 11) is 0. The van der Waals surface area contributed by atoms with Crippen LogP contribution >= 0.6 is 0 Å². The van der Waals surface area contributed by atoms with E-state index in [1.165, 1.54) is 5.56 Å². The maximum Gasteiger partial charge on any atom is 0.224 e. The van der Waals surface area contributed by atoms with Crippen molar-refractivity contribution in [2.24, 2.45) is 5.92 Å². The standard InChI is InChI=1S/C23H30N4O2/c1-16-3-4-17(2)19(13-16)14-22(28)27-20-7-5-18(6-8-20)23(29)26-10-9-21-15-24-11-12-25-21/h3-4,11-13,15,18,20H,5-10,14H2,1-2H3,(H,26,29)(H,27,28). The maximum atomic E-state index is 12.4. The topological polar surface area (TPSA) is 84.0 Å². The maximum absolute atomic E-state index is 12.4. The molecule has 1 aromatic heterocycles. The van der Waals surface area contributed by atoms with Gasteiger partial charge in [0.1, 0.15) is 0 Å². The van der Waals surface area contributed by atoms with Gasteiger partial charge in [-0.1, -0.05) is 23.8 Å². The molecule has 1 heterocycles. The predicted octanol–water partition coefficient (Wildman–Crippen LogP) is 2.67. The Labute approximate surface area is 172 Å². The lowest BCUT2D eigenvalue weighted by molar-refractivity contribution is -0.126. The highest BCUT2D eigenvalue weighted by molar-refractivity contribution is 5.80. The Balaban J connectivity index is 1.37. The number of aryl methyl sites for hydroxylation is 2. The smallest absolute Gasteiger partial charge is 0.224 e. The van der Waals surface area contributed by atoms with Crippen LogP contribution in [0.2, 0.25) is 0 Å². The Hall–Kier alpha value is -2.76. The molecule has 0 aliphatic heterocycles. The molecule has 0 spiro atoms. The van der Waals surface area contributed by atoms with Crippen LogP contribution in [0.15, 0.2) is 36.8 Å². The first-order chi connectivity index (χ1) is 14.0. The highest BCUT2D eigenvalue weighted by Crippen LogP contribution is 2.24. The van der Waals surface area contributed by atoms with E-state index in [4.69, 9.17) is 0 Å². The van der Waals surface area contributed by atoms with Crippen LogP contribution in [0.1, 0.15) is 48.1 Å². The molecule has 1 saturated carbocycles. The molecule has 2 amide bonds. The number of carbonyl (C=O) groups excluding carboxylic acids is 2. The van der Waals surface area contributed by atoms with Crippen LogP contribution in [0.5, 0.6) is 0 Å². The van der Waals surface area contributed by atoms with Crippen molar-refractivity contribution in [2.45, 2.75) is 58.4 Å². The molecule has 2 N–H and O–H groups in total. The van der Waals surface area contributed by atoms with Crippen molar-refractivity contribution in [1.82, 2.24) is 20.6 Å². The van der Waals surface area contributed by atoms with Gasteiger partial charge in [-0.25, -0.2) is 0 Å². The average molecular weight is 395 g/mol. The molecule has 1 aliphatic rings. The monoisotopic (exact) mass is 394 g/mol. The molecule has 154 valence electrons. The molecule has 1 fully saturated rings. The minimum absolute atomic E-state index is 0.0315. The van der Waals surface area contributed by atoms with E-state index in [0.29, 0.717) is 19.4 Å². The van der Waals surface area contributed by atoms with Gasteiger partial charge in [-0.3, -0.25) is 19.6 Å². The highest BCUT2D eigenvalue weighted by atomic mass is 16.2. The Bertz CT molecular complexity index is 830. The summed E-state index contributed by atoms with van der Waals surface area (Å²) in [5, 5.41) is 6.16. The first-order valence-electron chi connectivity index (χ1n) is 10.4. The first-order valence-corrected chi connectivity index (χ1v) is 10.4. The molecule has 29 heavy (non-hydrogen) atoms. The molecule has 2 aromatic rings. The molecule has 6 heteroatoms. The van der Waals surface area contributed by atoms with E-state index in [-0.39, 0.29) is 23.8 Å². The molecular weight excluding hydrogens is 364 g/mol. The largest absolute Gasteiger partial charge is 0.355 e. The number of nitrogens with zero attached hydrogens (tertiary/aromatic N) is 2. The van der Waals surface area contributed by atoms with Crippen molar-refractivity contribution in [2.75, 3.05) is 6.54 Å². The van der Waals surface area contributed by atoms with Gasteiger partial charge in [0.05, 0.1) is 12.1 Å². The van der Waals surface area contributed by atoms with E-state index >= 15 is 0 Å². The fourth-order valence-electron chi connectivity index (χ4n) is 3.86. The second-order valence-corrected chi connectivity index (χ2v) is 7.96. The first kappa shape index (κ1) is 21.0. The van der Waals surface area contributed by atoms with Crippen LogP contribution in [0.25, 0.3) is 0 Å². The SMILES string of the molecule is Cc1ccc(C)c(CC(=O)NC2CCC(C(=O)NCCc3cnccn3)CC2)c1. The molecule has 0 bridgehead atoms. The minimum atomic E-state index is 0.0315. The molecule has 0 unspecified atom stereocenters. The second-order valence-electron chi connectivity index (χ2n) is 7.96. The Kier molecular flexibility index (Phi) is 7.33. The molecule has 0 radical (unpaired) electrons. The number of hydrogen-bond acceptors (Lipinski definition) is 4. The van der Waals surface area contributed by atoms with Crippen molar-refractivity contribution < 1.29 is 9.59 Å². The van der Waals surface area contributed by atoms with Crippen molar-refractivity contribution in [3.05, 3.63) is 59.2 Å². The number of hydrogen-bond donors (Lipinski definition) is 2. The lowest BCUT2D eigenvalue weighted by atomic mass is 9.85. The van der Waals surface area contributed by atoms with E-state index in [2.05, 4.69) is 38.8 Å². The number of aromatic nitrogens is 2. The van der Waals surface area contributed by atoms with Gasteiger partial charge in [0.15, 0.2) is 0 Å². The third-order valence-electron chi connectivity index (χ3n) is 5.62. The number of amides is 2. The molecule has 0 atom stereocenters. The molecule has 1 aromatic carbocycles. The summed E-state index contributed by atoms with van der Waals surface area (Å²) in [5.74, 6) is 0.202. The van der Waals surface area contributed by atoms with E-state index in [1.807, 2.05) is 13.8 Å². The predicted molar refractivity (Wildman–Crippen MR) is 112 cm³/mol. The Morgan fingerprint density at radius 1 is 1.10 bits per heavy atom. The molecule has 3 rings (SSSR count). The summed E-state index contributed by atoms with van der Waals surface area (Å²) in [6, 6.07) is 6.37. The van der Waals surface area contributed by atoms with Crippen LogP contribution in [0.4, 0.5) is 0 Å². The fraction of sp³-hybridized carbons (Fsp3) is 0.478. The van der Waals surface area contributed by atoms with E-state index in [0.717, 1.165) is 42.5 Å². The van der Waals surface area contributed by atoms with Crippen LogP contribution in [0.3, 0.4) is 0 Å². The molecule has 1 aliphatic carbocycles. The van der Waals surface area contributed by atoms with Crippen LogP contribution < -0.4 is 10.6 Å². The van der Waals surface area contributed by atoms with Gasteiger partial charge in [-0.15, -0.1) is 0 Å². The second kappa shape index (κ2) is 10.1.